The summed E-state index contributed by atoms with van der Waals surface area (Å²) in [4.78, 5) is 33.5. The molecule has 1 aliphatic rings. The minimum Gasteiger partial charge on any atom is -0.281 e. The highest BCUT2D eigenvalue weighted by molar-refractivity contribution is 7.19. The summed E-state index contributed by atoms with van der Waals surface area (Å²) in [5.74, 6) is 0.0812. The van der Waals surface area contributed by atoms with Gasteiger partial charge in [-0.1, -0.05) is 6.07 Å². The van der Waals surface area contributed by atoms with E-state index in [1.165, 1.54) is 47.5 Å². The Morgan fingerprint density at radius 3 is 2.92 bits per heavy atom. The Morgan fingerprint density at radius 1 is 1.23 bits per heavy atom. The van der Waals surface area contributed by atoms with Crippen LogP contribution in [0.2, 0.25) is 0 Å². The third kappa shape index (κ3) is 2.97. The van der Waals surface area contributed by atoms with Gasteiger partial charge in [-0.15, -0.1) is 11.3 Å². The van der Waals surface area contributed by atoms with Crippen LogP contribution in [0, 0.1) is 10.1 Å². The normalized spacial score (nSPS) is 13.2. The molecule has 0 atom stereocenters. The summed E-state index contributed by atoms with van der Waals surface area (Å²) in [6.07, 6.45) is 5.81. The monoisotopic (exact) mass is 369 g/mol. The molecule has 132 valence electrons. The molecule has 2 aromatic heterocycles. The van der Waals surface area contributed by atoms with Crippen LogP contribution in [0.5, 0.6) is 0 Å². The maximum absolute atomic E-state index is 12.3. The molecule has 0 bridgehead atoms. The van der Waals surface area contributed by atoms with Crippen molar-refractivity contribution in [2.24, 2.45) is 0 Å². The maximum Gasteiger partial charge on any atom is 0.270 e. The molecule has 0 radical (unpaired) electrons. The Labute approximate surface area is 152 Å². The van der Waals surface area contributed by atoms with Gasteiger partial charge in [0.05, 0.1) is 10.3 Å². The largest absolute Gasteiger partial charge is 0.281 e. The zero-order valence-corrected chi connectivity index (χ0v) is 14.5. The van der Waals surface area contributed by atoms with Crippen LogP contribution in [-0.2, 0) is 12.8 Å². The van der Waals surface area contributed by atoms with E-state index in [-0.39, 0.29) is 11.3 Å². The number of non-ortho nitro benzene ring substituents is 1. The predicted octanol–water partition coefficient (Wildman–Crippen LogP) is 3.24. The number of carbonyl (C=O) groups excluding carboxylic acids is 1. The number of nitrogens with one attached hydrogen (secondary N) is 2. The van der Waals surface area contributed by atoms with Crippen molar-refractivity contribution in [2.75, 3.05) is 5.43 Å². The van der Waals surface area contributed by atoms with Gasteiger partial charge in [0.25, 0.3) is 11.6 Å². The fraction of sp³-hybridized carbons (Fsp3) is 0.235. The molecule has 0 saturated carbocycles. The number of benzene rings is 1. The van der Waals surface area contributed by atoms with Gasteiger partial charge in [0.15, 0.2) is 5.82 Å². The van der Waals surface area contributed by atoms with Crippen LogP contribution in [-0.4, -0.2) is 20.8 Å². The van der Waals surface area contributed by atoms with Crippen molar-refractivity contribution < 1.29 is 9.72 Å². The van der Waals surface area contributed by atoms with Gasteiger partial charge in [0.1, 0.15) is 11.2 Å². The first kappa shape index (κ1) is 16.4. The molecule has 0 unspecified atom stereocenters. The lowest BCUT2D eigenvalue weighted by molar-refractivity contribution is -0.384. The quantitative estimate of drug-likeness (QED) is 0.540. The molecule has 0 spiro atoms. The number of aromatic nitrogens is 2. The third-order valence-electron chi connectivity index (χ3n) is 4.36. The lowest BCUT2D eigenvalue weighted by Crippen LogP contribution is -2.30. The van der Waals surface area contributed by atoms with Crippen molar-refractivity contribution in [2.45, 2.75) is 25.7 Å². The van der Waals surface area contributed by atoms with E-state index in [1.807, 2.05) is 0 Å². The highest BCUT2D eigenvalue weighted by Gasteiger charge is 2.20. The van der Waals surface area contributed by atoms with E-state index in [9.17, 15) is 14.9 Å². The lowest BCUT2D eigenvalue weighted by atomic mass is 9.97. The van der Waals surface area contributed by atoms with Crippen molar-refractivity contribution in [3.05, 3.63) is 56.7 Å². The maximum atomic E-state index is 12.3. The van der Waals surface area contributed by atoms with Crippen LogP contribution in [0.4, 0.5) is 11.5 Å². The molecule has 8 nitrogen and oxygen atoms in total. The average molecular weight is 369 g/mol. The SMILES string of the molecule is O=C(NNc1ncnc2sc3c(c12)CCCC3)c1cccc([N+](=O)[O-])c1. The molecule has 1 aromatic carbocycles. The number of carbonyl (C=O) groups is 1. The number of nitro benzene ring substituents is 1. The number of hydrazine groups is 1. The molecule has 1 aliphatic carbocycles. The summed E-state index contributed by atoms with van der Waals surface area (Å²) in [6, 6.07) is 5.58. The van der Waals surface area contributed by atoms with Gasteiger partial charge >= 0.3 is 0 Å². The first-order chi connectivity index (χ1) is 12.6. The van der Waals surface area contributed by atoms with Gasteiger partial charge in [-0.2, -0.15) is 0 Å². The van der Waals surface area contributed by atoms with Gasteiger partial charge in [0.2, 0.25) is 0 Å². The molecule has 1 amide bonds. The first-order valence-electron chi connectivity index (χ1n) is 8.19. The van der Waals surface area contributed by atoms with Gasteiger partial charge in [0, 0.05) is 22.6 Å². The number of rotatable bonds is 4. The second-order valence-electron chi connectivity index (χ2n) is 6.00. The van der Waals surface area contributed by atoms with Crippen molar-refractivity contribution in [3.8, 4) is 0 Å². The molecule has 2 heterocycles. The van der Waals surface area contributed by atoms with E-state index >= 15 is 0 Å². The van der Waals surface area contributed by atoms with Crippen LogP contribution in [0.1, 0.15) is 33.6 Å². The van der Waals surface area contributed by atoms with Crippen molar-refractivity contribution >= 4 is 39.0 Å². The van der Waals surface area contributed by atoms with Crippen LogP contribution in [0.15, 0.2) is 30.6 Å². The summed E-state index contributed by atoms with van der Waals surface area (Å²) in [5.41, 5.74) is 6.75. The number of thiophene rings is 1. The molecule has 2 N–H and O–H groups in total. The van der Waals surface area contributed by atoms with E-state index in [0.29, 0.717) is 5.82 Å². The zero-order chi connectivity index (χ0) is 18.1. The molecule has 0 aliphatic heterocycles. The number of hydrogen-bond donors (Lipinski definition) is 2. The van der Waals surface area contributed by atoms with Crippen molar-refractivity contribution in [1.29, 1.82) is 0 Å². The predicted molar refractivity (Wildman–Crippen MR) is 98.2 cm³/mol. The number of fused-ring (bicyclic) bond motifs is 3. The Bertz CT molecular complexity index is 1020. The van der Waals surface area contributed by atoms with E-state index in [2.05, 4.69) is 20.8 Å². The van der Waals surface area contributed by atoms with Crippen molar-refractivity contribution in [3.63, 3.8) is 0 Å². The first-order valence-corrected chi connectivity index (χ1v) is 9.01. The average Bonchev–Trinajstić information content (AvgIpc) is 3.05. The van der Waals surface area contributed by atoms with E-state index < -0.39 is 10.8 Å². The molecule has 0 fully saturated rings. The standard InChI is InChI=1S/C17H15N5O3S/c23-16(10-4-3-5-11(8-10)22(24)25)21-20-15-14-12-6-1-2-7-13(12)26-17(14)19-9-18-15/h3-5,8-9H,1-2,6-7H2,(H,21,23)(H,18,19,20). The van der Waals surface area contributed by atoms with Crippen LogP contribution in [0.25, 0.3) is 10.2 Å². The highest BCUT2D eigenvalue weighted by Crippen LogP contribution is 2.37. The van der Waals surface area contributed by atoms with E-state index in [0.717, 1.165) is 29.5 Å². The van der Waals surface area contributed by atoms with Crippen LogP contribution < -0.4 is 10.9 Å². The molecule has 26 heavy (non-hydrogen) atoms. The Kier molecular flexibility index (Phi) is 4.21. The van der Waals surface area contributed by atoms with Crippen LogP contribution in [0.3, 0.4) is 0 Å². The van der Waals surface area contributed by atoms with Crippen LogP contribution >= 0.6 is 11.3 Å². The summed E-state index contributed by atoms with van der Waals surface area (Å²) in [7, 11) is 0. The number of anilines is 1. The molecular formula is C17H15N5O3S. The molecule has 0 saturated heterocycles. The number of nitrogens with zero attached hydrogens (tertiary/aromatic N) is 3. The van der Waals surface area contributed by atoms with Gasteiger partial charge in [-0.05, 0) is 37.3 Å². The fourth-order valence-electron chi connectivity index (χ4n) is 3.13. The Hall–Kier alpha value is -3.07. The Morgan fingerprint density at radius 2 is 2.08 bits per heavy atom. The minimum atomic E-state index is -0.532. The second kappa shape index (κ2) is 6.68. The van der Waals surface area contributed by atoms with Gasteiger partial charge in [-0.3, -0.25) is 25.8 Å². The number of nitro groups is 1. The lowest BCUT2D eigenvalue weighted by Gasteiger charge is -2.13. The summed E-state index contributed by atoms with van der Waals surface area (Å²) < 4.78 is 0. The Balaban J connectivity index is 1.58. The highest BCUT2D eigenvalue weighted by atomic mass is 32.1. The minimum absolute atomic E-state index is 0.131. The third-order valence-corrected chi connectivity index (χ3v) is 5.56. The number of hydrogen-bond acceptors (Lipinski definition) is 7. The van der Waals surface area contributed by atoms with E-state index in [4.69, 9.17) is 0 Å². The molecule has 3 aromatic rings. The smallest absolute Gasteiger partial charge is 0.270 e. The zero-order valence-electron chi connectivity index (χ0n) is 13.7. The van der Waals surface area contributed by atoms with Gasteiger partial charge < -0.3 is 0 Å². The summed E-state index contributed by atoms with van der Waals surface area (Å²) in [5, 5.41) is 11.8. The van der Waals surface area contributed by atoms with Gasteiger partial charge in [-0.25, -0.2) is 9.97 Å². The topological polar surface area (TPSA) is 110 Å². The fourth-order valence-corrected chi connectivity index (χ4v) is 4.36. The number of aryl methyl sites for hydroxylation is 2. The molecule has 9 heteroatoms. The van der Waals surface area contributed by atoms with E-state index in [1.54, 1.807) is 11.3 Å². The summed E-state index contributed by atoms with van der Waals surface area (Å²) >= 11 is 1.67. The second-order valence-corrected chi connectivity index (χ2v) is 7.08. The number of amides is 1. The summed E-state index contributed by atoms with van der Waals surface area (Å²) in [6.45, 7) is 0. The molecule has 4 rings (SSSR count). The molecular weight excluding hydrogens is 354 g/mol. The van der Waals surface area contributed by atoms with Crippen molar-refractivity contribution in [1.82, 2.24) is 15.4 Å².